The van der Waals surface area contributed by atoms with E-state index in [1.54, 1.807) is 6.07 Å². The highest BCUT2D eigenvalue weighted by Crippen LogP contribution is 2.34. The molecule has 0 saturated heterocycles. The smallest absolute Gasteiger partial charge is 0.297 e. The first-order valence-electron chi connectivity index (χ1n) is 5.93. The third kappa shape index (κ3) is 2.17. The Balaban J connectivity index is 2.05. The highest BCUT2D eigenvalue weighted by molar-refractivity contribution is 6.52. The van der Waals surface area contributed by atoms with E-state index in [9.17, 15) is 18.4 Å². The lowest BCUT2D eigenvalue weighted by Gasteiger charge is -2.16. The van der Waals surface area contributed by atoms with E-state index < -0.39 is 28.9 Å². The summed E-state index contributed by atoms with van der Waals surface area (Å²) in [7, 11) is 0. The minimum Gasteiger partial charge on any atom is -0.297 e. The Labute approximate surface area is 123 Å². The van der Waals surface area contributed by atoms with E-state index in [0.717, 1.165) is 17.0 Å². The van der Waals surface area contributed by atoms with Gasteiger partial charge in [-0.3, -0.25) is 14.5 Å². The Morgan fingerprint density at radius 3 is 2.48 bits per heavy atom. The number of amides is 1. The van der Waals surface area contributed by atoms with Crippen LogP contribution in [0.15, 0.2) is 30.5 Å². The van der Waals surface area contributed by atoms with Crippen molar-refractivity contribution in [2.45, 2.75) is 6.54 Å². The number of hydrogen-bond acceptors (Lipinski definition) is 3. The zero-order valence-corrected chi connectivity index (χ0v) is 11.2. The fraction of sp³-hybridized carbons (Fsp3) is 0.0714. The number of halogens is 3. The second kappa shape index (κ2) is 4.89. The van der Waals surface area contributed by atoms with Crippen LogP contribution >= 0.6 is 11.6 Å². The van der Waals surface area contributed by atoms with Crippen molar-refractivity contribution in [2.75, 3.05) is 4.90 Å². The molecule has 106 valence electrons. The van der Waals surface area contributed by atoms with Gasteiger partial charge in [0.15, 0.2) is 0 Å². The van der Waals surface area contributed by atoms with Crippen LogP contribution in [-0.4, -0.2) is 16.7 Å². The van der Waals surface area contributed by atoms with Crippen LogP contribution in [0.5, 0.6) is 0 Å². The maximum Gasteiger partial charge on any atom is 0.299 e. The number of benzene rings is 1. The number of hydrogen-bond donors (Lipinski definition) is 0. The first-order valence-corrected chi connectivity index (χ1v) is 6.31. The van der Waals surface area contributed by atoms with Crippen molar-refractivity contribution in [1.82, 2.24) is 4.98 Å². The first kappa shape index (κ1) is 13.6. The van der Waals surface area contributed by atoms with E-state index in [0.29, 0.717) is 5.56 Å². The summed E-state index contributed by atoms with van der Waals surface area (Å²) in [5, 5.41) is 0.264. The van der Waals surface area contributed by atoms with Crippen LogP contribution in [-0.2, 0) is 11.3 Å². The summed E-state index contributed by atoms with van der Waals surface area (Å²) in [4.78, 5) is 28.5. The van der Waals surface area contributed by atoms with Crippen LogP contribution < -0.4 is 4.90 Å². The minimum atomic E-state index is -1.05. The van der Waals surface area contributed by atoms with Crippen molar-refractivity contribution in [3.05, 3.63) is 58.4 Å². The molecule has 0 fully saturated rings. The van der Waals surface area contributed by atoms with Crippen molar-refractivity contribution < 1.29 is 18.4 Å². The van der Waals surface area contributed by atoms with Crippen LogP contribution in [0.2, 0.25) is 5.15 Å². The summed E-state index contributed by atoms with van der Waals surface area (Å²) in [6.07, 6.45) is 1.40. The summed E-state index contributed by atoms with van der Waals surface area (Å²) in [6, 6.07) is 4.80. The number of carbonyl (C=O) groups is 2. The maximum absolute atomic E-state index is 13.9. The molecule has 4 nitrogen and oxygen atoms in total. The number of nitrogens with zero attached hydrogens (tertiary/aromatic N) is 2. The van der Waals surface area contributed by atoms with Crippen molar-refractivity contribution >= 4 is 29.0 Å². The SMILES string of the molecule is O=C1C(=O)N(Cc2ccc(Cl)nc2)c2c(F)ccc(F)c21. The molecule has 2 aromatic rings. The van der Waals surface area contributed by atoms with Gasteiger partial charge >= 0.3 is 0 Å². The molecule has 0 unspecified atom stereocenters. The molecule has 1 amide bonds. The maximum atomic E-state index is 13.9. The van der Waals surface area contributed by atoms with Gasteiger partial charge in [0.05, 0.1) is 17.8 Å². The molecule has 0 atom stereocenters. The van der Waals surface area contributed by atoms with Gasteiger partial charge in [0.1, 0.15) is 16.8 Å². The molecule has 0 aliphatic carbocycles. The molecule has 0 spiro atoms. The molecular weight excluding hydrogens is 302 g/mol. The lowest BCUT2D eigenvalue weighted by Crippen LogP contribution is -2.29. The quantitative estimate of drug-likeness (QED) is 0.633. The Bertz CT molecular complexity index is 762. The minimum absolute atomic E-state index is 0.0951. The number of fused-ring (bicyclic) bond motifs is 1. The number of Topliss-reactive ketones (excluding diaryl/α,β-unsaturated/α-hetero) is 1. The van der Waals surface area contributed by atoms with Crippen LogP contribution in [0.3, 0.4) is 0 Å². The fourth-order valence-electron chi connectivity index (χ4n) is 2.19. The molecule has 0 saturated carbocycles. The first-order chi connectivity index (χ1) is 9.99. The van der Waals surface area contributed by atoms with E-state index in [-0.39, 0.29) is 17.4 Å². The molecule has 0 N–H and O–H groups in total. The van der Waals surface area contributed by atoms with Gasteiger partial charge in [0.2, 0.25) is 0 Å². The van der Waals surface area contributed by atoms with Gasteiger partial charge in [-0.2, -0.15) is 0 Å². The molecule has 2 heterocycles. The van der Waals surface area contributed by atoms with Crippen molar-refractivity contribution in [1.29, 1.82) is 0 Å². The van der Waals surface area contributed by atoms with Crippen LogP contribution in [0, 0.1) is 11.6 Å². The zero-order chi connectivity index (χ0) is 15.1. The number of rotatable bonds is 2. The molecule has 0 bridgehead atoms. The van der Waals surface area contributed by atoms with Gasteiger partial charge in [-0.15, -0.1) is 0 Å². The van der Waals surface area contributed by atoms with E-state index in [1.165, 1.54) is 12.3 Å². The second-order valence-corrected chi connectivity index (χ2v) is 4.85. The average molecular weight is 309 g/mol. The molecule has 1 aliphatic heterocycles. The summed E-state index contributed by atoms with van der Waals surface area (Å²) < 4.78 is 27.5. The molecule has 1 aromatic heterocycles. The van der Waals surface area contributed by atoms with Crippen LogP contribution in [0.25, 0.3) is 0 Å². The van der Waals surface area contributed by atoms with Gasteiger partial charge < -0.3 is 0 Å². The highest BCUT2D eigenvalue weighted by Gasteiger charge is 2.40. The van der Waals surface area contributed by atoms with Gasteiger partial charge in [-0.1, -0.05) is 17.7 Å². The van der Waals surface area contributed by atoms with Crippen molar-refractivity contribution in [3.8, 4) is 0 Å². The van der Waals surface area contributed by atoms with E-state index in [1.807, 2.05) is 0 Å². The molecule has 1 aromatic carbocycles. The third-order valence-electron chi connectivity index (χ3n) is 3.14. The normalized spacial score (nSPS) is 13.8. The van der Waals surface area contributed by atoms with Crippen molar-refractivity contribution in [3.63, 3.8) is 0 Å². The predicted octanol–water partition coefficient (Wildman–Crippen LogP) is 2.74. The molecular formula is C14H7ClF2N2O2. The van der Waals surface area contributed by atoms with Crippen LogP contribution in [0.4, 0.5) is 14.5 Å². The standard InChI is InChI=1S/C14H7ClF2N2O2/c15-10-4-1-7(5-18-10)6-19-12-9(17)3-2-8(16)11(12)13(20)14(19)21/h1-5H,6H2. The van der Waals surface area contributed by atoms with Crippen LogP contribution in [0.1, 0.15) is 15.9 Å². The summed E-state index contributed by atoms with van der Waals surface area (Å²) in [5.41, 5.74) is -0.320. The number of carbonyl (C=O) groups excluding carboxylic acids is 2. The van der Waals surface area contributed by atoms with Gasteiger partial charge in [0.25, 0.3) is 11.7 Å². The van der Waals surface area contributed by atoms with Crippen molar-refractivity contribution in [2.24, 2.45) is 0 Å². The molecule has 1 aliphatic rings. The topological polar surface area (TPSA) is 50.3 Å². The Hall–Kier alpha value is -2.34. The number of aromatic nitrogens is 1. The molecule has 7 heteroatoms. The molecule has 3 rings (SSSR count). The Morgan fingerprint density at radius 1 is 1.10 bits per heavy atom. The van der Waals surface area contributed by atoms with E-state index in [2.05, 4.69) is 4.98 Å². The lowest BCUT2D eigenvalue weighted by molar-refractivity contribution is -0.114. The number of ketones is 1. The number of pyridine rings is 1. The van der Waals surface area contributed by atoms with Gasteiger partial charge in [0, 0.05) is 6.20 Å². The van der Waals surface area contributed by atoms with E-state index >= 15 is 0 Å². The summed E-state index contributed by atoms with van der Waals surface area (Å²) in [6.45, 7) is -0.0951. The largest absolute Gasteiger partial charge is 0.299 e. The lowest BCUT2D eigenvalue weighted by atomic mass is 10.1. The summed E-state index contributed by atoms with van der Waals surface area (Å²) >= 11 is 5.65. The van der Waals surface area contributed by atoms with Gasteiger partial charge in [-0.05, 0) is 23.8 Å². The molecule has 21 heavy (non-hydrogen) atoms. The second-order valence-electron chi connectivity index (χ2n) is 4.46. The summed E-state index contributed by atoms with van der Waals surface area (Å²) in [5.74, 6) is -3.76. The monoisotopic (exact) mass is 308 g/mol. The van der Waals surface area contributed by atoms with Gasteiger partial charge in [-0.25, -0.2) is 13.8 Å². The number of anilines is 1. The Kier molecular flexibility index (Phi) is 3.17. The van der Waals surface area contributed by atoms with E-state index in [4.69, 9.17) is 11.6 Å². The Morgan fingerprint density at radius 2 is 1.81 bits per heavy atom. The average Bonchev–Trinajstić information content (AvgIpc) is 2.71. The predicted molar refractivity (Wildman–Crippen MR) is 71.1 cm³/mol. The zero-order valence-electron chi connectivity index (χ0n) is 10.4. The third-order valence-corrected chi connectivity index (χ3v) is 3.37. The fourth-order valence-corrected chi connectivity index (χ4v) is 2.30. The molecule has 0 radical (unpaired) electrons. The highest BCUT2D eigenvalue weighted by atomic mass is 35.5.